The molecule has 7 heteroatoms. The highest BCUT2D eigenvalue weighted by atomic mass is 35.5. The van der Waals surface area contributed by atoms with Gasteiger partial charge in [0.2, 0.25) is 10.0 Å². The summed E-state index contributed by atoms with van der Waals surface area (Å²) in [4.78, 5) is 3.85. The minimum Gasteiger partial charge on any atom is -0.469 e. The first-order chi connectivity index (χ1) is 8.97. The molecule has 2 aromatic heterocycles. The van der Waals surface area contributed by atoms with Crippen molar-refractivity contribution in [2.45, 2.75) is 24.3 Å². The molecule has 102 valence electrons. The second-order valence-corrected chi connectivity index (χ2v) is 6.22. The van der Waals surface area contributed by atoms with Gasteiger partial charge in [-0.25, -0.2) is 18.1 Å². The first-order valence-electron chi connectivity index (χ1n) is 5.63. The zero-order chi connectivity index (χ0) is 13.9. The first-order valence-corrected chi connectivity index (χ1v) is 7.50. The molecule has 1 atom stereocenters. The highest BCUT2D eigenvalue weighted by molar-refractivity contribution is 7.89. The molecule has 2 aromatic rings. The largest absolute Gasteiger partial charge is 0.469 e. The molecule has 0 aliphatic carbocycles. The van der Waals surface area contributed by atoms with Gasteiger partial charge in [0.15, 0.2) is 0 Å². The summed E-state index contributed by atoms with van der Waals surface area (Å²) in [5, 5.41) is 0.140. The van der Waals surface area contributed by atoms with Gasteiger partial charge in [0, 0.05) is 18.7 Å². The normalized spacial score (nSPS) is 13.4. The SMILES string of the molecule is CC(Cc1ccco1)NS(=O)(=O)c1ccnc(Cl)c1. The van der Waals surface area contributed by atoms with Crippen molar-refractivity contribution >= 4 is 21.6 Å². The Morgan fingerprint density at radius 1 is 1.47 bits per heavy atom. The van der Waals surface area contributed by atoms with E-state index in [9.17, 15) is 8.42 Å². The Hall–Kier alpha value is -1.37. The van der Waals surface area contributed by atoms with Crippen LogP contribution in [0.15, 0.2) is 46.0 Å². The van der Waals surface area contributed by atoms with E-state index in [-0.39, 0.29) is 16.1 Å². The van der Waals surface area contributed by atoms with Gasteiger partial charge in [0.05, 0.1) is 11.2 Å². The van der Waals surface area contributed by atoms with E-state index in [1.54, 1.807) is 25.3 Å². The lowest BCUT2D eigenvalue weighted by Crippen LogP contribution is -2.34. The number of nitrogens with zero attached hydrogens (tertiary/aromatic N) is 1. The lowest BCUT2D eigenvalue weighted by Gasteiger charge is -2.13. The van der Waals surface area contributed by atoms with Gasteiger partial charge in [-0.1, -0.05) is 11.6 Å². The Labute approximate surface area is 116 Å². The maximum atomic E-state index is 12.1. The molecule has 0 saturated carbocycles. The van der Waals surface area contributed by atoms with Crippen molar-refractivity contribution < 1.29 is 12.8 Å². The second kappa shape index (κ2) is 5.73. The van der Waals surface area contributed by atoms with Crippen LogP contribution in [0, 0.1) is 0 Å². The molecule has 5 nitrogen and oxygen atoms in total. The van der Waals surface area contributed by atoms with Crippen LogP contribution in [0.5, 0.6) is 0 Å². The molecule has 0 spiro atoms. The van der Waals surface area contributed by atoms with Crippen molar-refractivity contribution in [2.75, 3.05) is 0 Å². The van der Waals surface area contributed by atoms with Gasteiger partial charge >= 0.3 is 0 Å². The summed E-state index contributed by atoms with van der Waals surface area (Å²) in [6.45, 7) is 1.77. The molecule has 1 N–H and O–H groups in total. The van der Waals surface area contributed by atoms with E-state index < -0.39 is 10.0 Å². The smallest absolute Gasteiger partial charge is 0.240 e. The van der Waals surface area contributed by atoms with Crippen molar-refractivity contribution in [1.29, 1.82) is 0 Å². The number of pyridine rings is 1. The molecule has 1 unspecified atom stereocenters. The summed E-state index contributed by atoms with van der Waals surface area (Å²) in [7, 11) is -3.60. The molecule has 0 radical (unpaired) electrons. The van der Waals surface area contributed by atoms with Crippen molar-refractivity contribution in [2.24, 2.45) is 0 Å². The standard InChI is InChI=1S/C12H13ClN2O3S/c1-9(7-10-3-2-6-18-10)15-19(16,17)11-4-5-14-12(13)8-11/h2-6,8-9,15H,7H2,1H3. The minimum atomic E-state index is -3.60. The molecule has 0 aliphatic rings. The molecule has 2 heterocycles. The molecule has 0 amide bonds. The molecule has 19 heavy (non-hydrogen) atoms. The first kappa shape index (κ1) is 14.0. The summed E-state index contributed by atoms with van der Waals surface area (Å²) in [5.74, 6) is 0.725. The van der Waals surface area contributed by atoms with Crippen molar-refractivity contribution in [3.8, 4) is 0 Å². The number of sulfonamides is 1. The average Bonchev–Trinajstić information content (AvgIpc) is 2.81. The third-order valence-electron chi connectivity index (χ3n) is 2.45. The number of furan rings is 1. The predicted molar refractivity (Wildman–Crippen MR) is 71.4 cm³/mol. The third-order valence-corrected chi connectivity index (χ3v) is 4.25. The van der Waals surface area contributed by atoms with Gasteiger partial charge < -0.3 is 4.42 Å². The Kier molecular flexibility index (Phi) is 4.24. The number of rotatable bonds is 5. The van der Waals surface area contributed by atoms with Crippen LogP contribution < -0.4 is 4.72 Å². The van der Waals surface area contributed by atoms with Crippen LogP contribution in [0.25, 0.3) is 0 Å². The van der Waals surface area contributed by atoms with Crippen LogP contribution in [-0.4, -0.2) is 19.4 Å². The average molecular weight is 301 g/mol. The van der Waals surface area contributed by atoms with Gasteiger partial charge in [-0.2, -0.15) is 0 Å². The van der Waals surface area contributed by atoms with E-state index in [2.05, 4.69) is 9.71 Å². The highest BCUT2D eigenvalue weighted by Crippen LogP contribution is 2.14. The summed E-state index contributed by atoms with van der Waals surface area (Å²) < 4.78 is 31.9. The summed E-state index contributed by atoms with van der Waals surface area (Å²) >= 11 is 5.68. The van der Waals surface area contributed by atoms with Gasteiger partial charge in [-0.15, -0.1) is 0 Å². The lowest BCUT2D eigenvalue weighted by atomic mass is 10.2. The number of halogens is 1. The summed E-state index contributed by atoms with van der Waals surface area (Å²) in [5.41, 5.74) is 0. The summed E-state index contributed by atoms with van der Waals surface area (Å²) in [6, 6.07) is 5.98. The minimum absolute atomic E-state index is 0.0961. The fourth-order valence-corrected chi connectivity index (χ4v) is 3.15. The summed E-state index contributed by atoms with van der Waals surface area (Å²) in [6.07, 6.45) is 3.39. The van der Waals surface area contributed by atoms with Crippen LogP contribution in [0.4, 0.5) is 0 Å². The van der Waals surface area contributed by atoms with E-state index in [1.165, 1.54) is 18.3 Å². The Bertz CT molecular complexity index is 641. The molecule has 0 aliphatic heterocycles. The van der Waals surface area contributed by atoms with Crippen molar-refractivity contribution in [3.05, 3.63) is 47.6 Å². The quantitative estimate of drug-likeness (QED) is 0.860. The third kappa shape index (κ3) is 3.79. The van der Waals surface area contributed by atoms with E-state index in [1.807, 2.05) is 0 Å². The second-order valence-electron chi connectivity index (χ2n) is 4.12. The van der Waals surface area contributed by atoms with Crippen molar-refractivity contribution in [3.63, 3.8) is 0 Å². The van der Waals surface area contributed by atoms with E-state index in [4.69, 9.17) is 16.0 Å². The van der Waals surface area contributed by atoms with Crippen LogP contribution in [0.1, 0.15) is 12.7 Å². The molecule has 0 bridgehead atoms. The monoisotopic (exact) mass is 300 g/mol. The number of nitrogens with one attached hydrogen (secondary N) is 1. The van der Waals surface area contributed by atoms with Crippen LogP contribution in [0.3, 0.4) is 0 Å². The zero-order valence-corrected chi connectivity index (χ0v) is 11.8. The molecule has 0 fully saturated rings. The Balaban J connectivity index is 2.09. The Morgan fingerprint density at radius 2 is 2.26 bits per heavy atom. The molecular formula is C12H13ClN2O3S. The van der Waals surface area contributed by atoms with E-state index in [0.717, 1.165) is 5.76 Å². The maximum absolute atomic E-state index is 12.1. The van der Waals surface area contributed by atoms with Crippen LogP contribution in [-0.2, 0) is 16.4 Å². The maximum Gasteiger partial charge on any atom is 0.240 e. The fourth-order valence-electron chi connectivity index (χ4n) is 1.66. The van der Waals surface area contributed by atoms with Crippen LogP contribution >= 0.6 is 11.6 Å². The van der Waals surface area contributed by atoms with Crippen LogP contribution in [0.2, 0.25) is 5.15 Å². The topological polar surface area (TPSA) is 72.2 Å². The van der Waals surface area contributed by atoms with Gasteiger partial charge in [0.1, 0.15) is 10.9 Å². The highest BCUT2D eigenvalue weighted by Gasteiger charge is 2.18. The molecule has 0 saturated heterocycles. The number of aromatic nitrogens is 1. The number of hydrogen-bond donors (Lipinski definition) is 1. The molecule has 0 aromatic carbocycles. The number of hydrogen-bond acceptors (Lipinski definition) is 4. The van der Waals surface area contributed by atoms with Gasteiger partial charge in [0.25, 0.3) is 0 Å². The Morgan fingerprint density at radius 3 is 2.89 bits per heavy atom. The van der Waals surface area contributed by atoms with Crippen molar-refractivity contribution in [1.82, 2.24) is 9.71 Å². The van der Waals surface area contributed by atoms with E-state index in [0.29, 0.717) is 6.42 Å². The molecular weight excluding hydrogens is 288 g/mol. The molecule has 2 rings (SSSR count). The predicted octanol–water partition coefficient (Wildman–Crippen LogP) is 2.24. The zero-order valence-electron chi connectivity index (χ0n) is 10.2. The van der Waals surface area contributed by atoms with E-state index >= 15 is 0 Å². The van der Waals surface area contributed by atoms with Gasteiger partial charge in [-0.05, 0) is 31.2 Å². The fraction of sp³-hybridized carbons (Fsp3) is 0.250. The van der Waals surface area contributed by atoms with Gasteiger partial charge in [-0.3, -0.25) is 0 Å². The lowest BCUT2D eigenvalue weighted by molar-refractivity contribution is 0.479.